The zero-order valence-corrected chi connectivity index (χ0v) is 12.5. The van der Waals surface area contributed by atoms with E-state index in [9.17, 15) is 9.59 Å². The molecule has 1 aliphatic rings. The van der Waals surface area contributed by atoms with Crippen LogP contribution in [-0.2, 0) is 9.59 Å². The van der Waals surface area contributed by atoms with Gasteiger partial charge in [-0.3, -0.25) is 14.5 Å². The van der Waals surface area contributed by atoms with Gasteiger partial charge in [-0.15, -0.1) is 0 Å². The van der Waals surface area contributed by atoms with E-state index in [0.717, 1.165) is 16.9 Å². The smallest absolute Gasteiger partial charge is 0.247 e. The number of hydrogen-bond acceptors (Lipinski definition) is 2. The van der Waals surface area contributed by atoms with Crippen LogP contribution in [0, 0.1) is 6.92 Å². The average Bonchev–Trinajstić information content (AvgIpc) is 2.90. The zero-order chi connectivity index (χ0) is 15.5. The average molecular weight is 294 g/mol. The maximum absolute atomic E-state index is 12.6. The van der Waals surface area contributed by atoms with Crippen molar-refractivity contribution in [2.75, 3.05) is 10.2 Å². The van der Waals surface area contributed by atoms with Gasteiger partial charge in [0.15, 0.2) is 0 Å². The Morgan fingerprint density at radius 1 is 1.14 bits per heavy atom. The van der Waals surface area contributed by atoms with Gasteiger partial charge in [-0.2, -0.15) is 0 Å². The third-order valence-corrected chi connectivity index (χ3v) is 3.83. The van der Waals surface area contributed by atoms with Crippen LogP contribution in [0.25, 0.3) is 0 Å². The normalized spacial score (nSPS) is 17.6. The first-order chi connectivity index (χ1) is 10.6. The summed E-state index contributed by atoms with van der Waals surface area (Å²) < 4.78 is 0. The Hall–Kier alpha value is -2.62. The molecule has 0 aliphatic carbocycles. The number of amides is 2. The number of benzene rings is 2. The molecule has 1 aliphatic heterocycles. The summed E-state index contributed by atoms with van der Waals surface area (Å²) in [5.74, 6) is -0.143. The van der Waals surface area contributed by atoms with E-state index in [1.54, 1.807) is 4.90 Å². The Morgan fingerprint density at radius 3 is 2.64 bits per heavy atom. The van der Waals surface area contributed by atoms with Crippen LogP contribution in [0.3, 0.4) is 0 Å². The van der Waals surface area contributed by atoms with E-state index < -0.39 is 6.04 Å². The molecule has 4 heteroatoms. The van der Waals surface area contributed by atoms with Crippen molar-refractivity contribution >= 4 is 23.2 Å². The Morgan fingerprint density at radius 2 is 1.91 bits per heavy atom. The maximum Gasteiger partial charge on any atom is 0.247 e. The van der Waals surface area contributed by atoms with E-state index in [1.807, 2.05) is 61.5 Å². The molecular weight excluding hydrogens is 276 g/mol. The van der Waals surface area contributed by atoms with Crippen molar-refractivity contribution in [3.63, 3.8) is 0 Å². The molecule has 1 heterocycles. The number of rotatable bonds is 3. The molecule has 0 aromatic heterocycles. The molecule has 112 valence electrons. The van der Waals surface area contributed by atoms with Crippen LogP contribution in [0.2, 0.25) is 0 Å². The van der Waals surface area contributed by atoms with Gasteiger partial charge in [0.2, 0.25) is 11.8 Å². The number of carbonyl (C=O) groups is 2. The van der Waals surface area contributed by atoms with Crippen LogP contribution in [0.4, 0.5) is 11.4 Å². The van der Waals surface area contributed by atoms with Crippen molar-refractivity contribution in [1.29, 1.82) is 0 Å². The summed E-state index contributed by atoms with van der Waals surface area (Å²) in [6.07, 6.45) is 0.951. The number of anilines is 2. The van der Waals surface area contributed by atoms with E-state index in [2.05, 4.69) is 5.32 Å². The van der Waals surface area contributed by atoms with Crippen LogP contribution in [0.15, 0.2) is 54.6 Å². The molecule has 1 fully saturated rings. The molecule has 1 atom stereocenters. The summed E-state index contributed by atoms with van der Waals surface area (Å²) in [4.78, 5) is 26.3. The molecule has 1 saturated heterocycles. The lowest BCUT2D eigenvalue weighted by molar-refractivity contribution is -0.120. The Bertz CT molecular complexity index is 697. The van der Waals surface area contributed by atoms with Crippen molar-refractivity contribution in [2.45, 2.75) is 25.8 Å². The van der Waals surface area contributed by atoms with Crippen molar-refractivity contribution in [2.24, 2.45) is 0 Å². The molecule has 0 bridgehead atoms. The van der Waals surface area contributed by atoms with E-state index in [-0.39, 0.29) is 11.8 Å². The highest BCUT2D eigenvalue weighted by Gasteiger charge is 2.36. The molecule has 2 amide bonds. The number of nitrogens with zero attached hydrogens (tertiary/aromatic N) is 1. The third kappa shape index (κ3) is 2.86. The summed E-state index contributed by atoms with van der Waals surface area (Å²) >= 11 is 0. The third-order valence-electron chi connectivity index (χ3n) is 3.83. The maximum atomic E-state index is 12.6. The predicted octanol–water partition coefficient (Wildman–Crippen LogP) is 3.13. The number of aryl methyl sites for hydroxylation is 1. The topological polar surface area (TPSA) is 49.4 Å². The largest absolute Gasteiger partial charge is 0.324 e. The first kappa shape index (κ1) is 14.3. The number of nitrogens with one attached hydrogen (secondary N) is 1. The first-order valence-corrected chi connectivity index (χ1v) is 7.40. The van der Waals surface area contributed by atoms with Crippen LogP contribution < -0.4 is 10.2 Å². The Kier molecular flexibility index (Phi) is 3.92. The highest BCUT2D eigenvalue weighted by atomic mass is 16.2. The van der Waals surface area contributed by atoms with Gasteiger partial charge in [-0.25, -0.2) is 0 Å². The summed E-state index contributed by atoms with van der Waals surface area (Å²) in [6.45, 7) is 1.98. The molecule has 1 N–H and O–H groups in total. The molecule has 1 unspecified atom stereocenters. The second-order valence-electron chi connectivity index (χ2n) is 5.51. The lowest BCUT2D eigenvalue weighted by atomic mass is 10.1. The van der Waals surface area contributed by atoms with Crippen LogP contribution in [-0.4, -0.2) is 17.9 Å². The second kappa shape index (κ2) is 6.02. The fraction of sp³-hybridized carbons (Fsp3) is 0.222. The summed E-state index contributed by atoms with van der Waals surface area (Å²) in [5.41, 5.74) is 2.62. The van der Waals surface area contributed by atoms with Crippen molar-refractivity contribution in [1.82, 2.24) is 0 Å². The van der Waals surface area contributed by atoms with Gasteiger partial charge in [0.25, 0.3) is 0 Å². The van der Waals surface area contributed by atoms with Gasteiger partial charge in [-0.1, -0.05) is 30.3 Å². The van der Waals surface area contributed by atoms with Crippen molar-refractivity contribution in [3.8, 4) is 0 Å². The molecule has 22 heavy (non-hydrogen) atoms. The molecule has 0 radical (unpaired) electrons. The van der Waals surface area contributed by atoms with Crippen LogP contribution in [0.5, 0.6) is 0 Å². The van der Waals surface area contributed by atoms with Gasteiger partial charge < -0.3 is 5.32 Å². The van der Waals surface area contributed by atoms with Gasteiger partial charge in [-0.05, 0) is 43.2 Å². The quantitative estimate of drug-likeness (QED) is 0.945. The second-order valence-corrected chi connectivity index (χ2v) is 5.51. The molecule has 3 rings (SSSR count). The molecule has 4 nitrogen and oxygen atoms in total. The molecule has 0 spiro atoms. The number of para-hydroxylation sites is 1. The summed E-state index contributed by atoms with van der Waals surface area (Å²) in [5, 5.41) is 2.91. The highest BCUT2D eigenvalue weighted by Crippen LogP contribution is 2.27. The minimum absolute atomic E-state index is 0.00408. The standard InChI is InChI=1S/C18H18N2O2/c1-13-6-5-7-14(12-13)19-18(22)16-10-11-17(21)20(16)15-8-3-2-4-9-15/h2-9,12,16H,10-11H2,1H3,(H,19,22). The van der Waals surface area contributed by atoms with Crippen LogP contribution in [0.1, 0.15) is 18.4 Å². The van der Waals surface area contributed by atoms with Gasteiger partial charge in [0.1, 0.15) is 6.04 Å². The van der Waals surface area contributed by atoms with E-state index in [1.165, 1.54) is 0 Å². The lowest BCUT2D eigenvalue weighted by Crippen LogP contribution is -2.41. The SMILES string of the molecule is Cc1cccc(NC(=O)C2CCC(=O)N2c2ccccc2)c1. The number of hydrogen-bond donors (Lipinski definition) is 1. The van der Waals surface area contributed by atoms with Crippen LogP contribution >= 0.6 is 0 Å². The zero-order valence-electron chi connectivity index (χ0n) is 12.5. The summed E-state index contributed by atoms with van der Waals surface area (Å²) in [6, 6.07) is 16.6. The molecule has 0 saturated carbocycles. The minimum Gasteiger partial charge on any atom is -0.324 e. The summed E-state index contributed by atoms with van der Waals surface area (Å²) in [7, 11) is 0. The monoisotopic (exact) mass is 294 g/mol. The van der Waals surface area contributed by atoms with Crippen molar-refractivity contribution < 1.29 is 9.59 Å². The van der Waals surface area contributed by atoms with E-state index >= 15 is 0 Å². The van der Waals surface area contributed by atoms with E-state index in [4.69, 9.17) is 0 Å². The molecule has 2 aromatic rings. The minimum atomic E-state index is -0.449. The highest BCUT2D eigenvalue weighted by molar-refractivity contribution is 6.07. The van der Waals surface area contributed by atoms with Gasteiger partial charge in [0.05, 0.1) is 0 Å². The fourth-order valence-electron chi connectivity index (χ4n) is 2.79. The first-order valence-electron chi connectivity index (χ1n) is 7.40. The molecular formula is C18H18N2O2. The fourth-order valence-corrected chi connectivity index (χ4v) is 2.79. The Balaban J connectivity index is 1.81. The van der Waals surface area contributed by atoms with Gasteiger partial charge in [0, 0.05) is 17.8 Å². The predicted molar refractivity (Wildman–Crippen MR) is 86.8 cm³/mol. The number of carbonyl (C=O) groups excluding carboxylic acids is 2. The van der Waals surface area contributed by atoms with E-state index in [0.29, 0.717) is 12.8 Å². The lowest BCUT2D eigenvalue weighted by Gasteiger charge is -2.24. The molecule has 2 aromatic carbocycles. The van der Waals surface area contributed by atoms with Crippen molar-refractivity contribution in [3.05, 3.63) is 60.2 Å². The Labute approximate surface area is 129 Å². The van der Waals surface area contributed by atoms with Gasteiger partial charge >= 0.3 is 0 Å².